The summed E-state index contributed by atoms with van der Waals surface area (Å²) >= 11 is 0. The van der Waals surface area contributed by atoms with E-state index >= 15 is 0 Å². The van der Waals surface area contributed by atoms with Gasteiger partial charge in [-0.15, -0.1) is 0 Å². The lowest BCUT2D eigenvalue weighted by Crippen LogP contribution is -2.18. The lowest BCUT2D eigenvalue weighted by Gasteiger charge is -2.19. The van der Waals surface area contributed by atoms with Crippen molar-refractivity contribution in [1.82, 2.24) is 4.98 Å². The fraction of sp³-hybridized carbons (Fsp3) is 0.333. The van der Waals surface area contributed by atoms with Crippen LogP contribution in [0.5, 0.6) is 0 Å². The summed E-state index contributed by atoms with van der Waals surface area (Å²) in [5, 5.41) is 0. The molecule has 1 aromatic rings. The predicted octanol–water partition coefficient (Wildman–Crippen LogP) is 1.17. The van der Waals surface area contributed by atoms with Crippen LogP contribution in [0.4, 0.5) is 0 Å². The maximum atomic E-state index is 11.5. The fourth-order valence-corrected chi connectivity index (χ4v) is 1.51. The van der Waals surface area contributed by atoms with E-state index in [1.165, 1.54) is 0 Å². The van der Waals surface area contributed by atoms with Crippen LogP contribution in [-0.2, 0) is 6.42 Å². The molecule has 0 aromatic carbocycles. The molecular weight excluding hydrogens is 149 g/mol. The monoisotopic (exact) mass is 157 g/mol. The Kier molecular flexibility index (Phi) is 1.72. The van der Waals surface area contributed by atoms with Crippen LogP contribution < -0.4 is 0 Å². The molecule has 0 saturated heterocycles. The van der Waals surface area contributed by atoms with Crippen LogP contribution in [0.1, 0.15) is 22.3 Å². The number of ketones is 1. The molecule has 1 unspecified atom stereocenters. The first-order chi connectivity index (χ1) is 5.79. The van der Waals surface area contributed by atoms with Gasteiger partial charge in [0, 0.05) is 18.0 Å². The van der Waals surface area contributed by atoms with Gasteiger partial charge in [0.2, 0.25) is 0 Å². The van der Waals surface area contributed by atoms with Crippen molar-refractivity contribution in [3.05, 3.63) is 29.6 Å². The fourth-order valence-electron chi connectivity index (χ4n) is 1.51. The summed E-state index contributed by atoms with van der Waals surface area (Å²) in [6, 6.07) is 1.75. The molecule has 2 nitrogen and oxygen atoms in total. The highest BCUT2D eigenvalue weighted by molar-refractivity contribution is 6.28. The molecule has 0 spiro atoms. The van der Waals surface area contributed by atoms with Crippen molar-refractivity contribution >= 4 is 13.6 Å². The van der Waals surface area contributed by atoms with Crippen molar-refractivity contribution in [2.45, 2.75) is 18.7 Å². The minimum atomic E-state index is -0.306. The second kappa shape index (κ2) is 2.74. The lowest BCUT2D eigenvalue weighted by atomic mass is 9.72. The minimum absolute atomic E-state index is 0.0543. The first-order valence-corrected chi connectivity index (χ1v) is 4.02. The molecule has 0 fully saturated rings. The number of carbonyl (C=O) groups excluding carboxylic acids is 1. The SMILES string of the molecule is [B]C1CCc2cnccc2C1=O. The molecule has 3 heteroatoms. The first-order valence-electron chi connectivity index (χ1n) is 4.02. The minimum Gasteiger partial charge on any atom is -0.295 e. The number of Topliss-reactive ketones (excluding diaryl/α,β-unsaturated/α-hetero) is 1. The van der Waals surface area contributed by atoms with Gasteiger partial charge in [-0.3, -0.25) is 9.78 Å². The smallest absolute Gasteiger partial charge is 0.157 e. The van der Waals surface area contributed by atoms with Crippen LogP contribution in [0, 0.1) is 0 Å². The largest absolute Gasteiger partial charge is 0.295 e. The molecule has 2 radical (unpaired) electrons. The number of aryl methyl sites for hydroxylation is 1. The Morgan fingerprint density at radius 1 is 1.58 bits per heavy atom. The van der Waals surface area contributed by atoms with E-state index in [9.17, 15) is 4.79 Å². The van der Waals surface area contributed by atoms with E-state index in [2.05, 4.69) is 4.98 Å². The van der Waals surface area contributed by atoms with Crippen LogP contribution in [0.25, 0.3) is 0 Å². The Labute approximate surface area is 72.4 Å². The van der Waals surface area contributed by atoms with Gasteiger partial charge in [-0.2, -0.15) is 0 Å². The molecule has 0 bridgehead atoms. The summed E-state index contributed by atoms with van der Waals surface area (Å²) in [7, 11) is 5.62. The quantitative estimate of drug-likeness (QED) is 0.529. The third-order valence-corrected chi connectivity index (χ3v) is 2.23. The second-order valence-electron chi connectivity index (χ2n) is 3.04. The summed E-state index contributed by atoms with van der Waals surface area (Å²) in [4.78, 5) is 15.4. The summed E-state index contributed by atoms with van der Waals surface area (Å²) in [5.74, 6) is -0.251. The number of carbonyl (C=O) groups is 1. The van der Waals surface area contributed by atoms with E-state index in [1.807, 2.05) is 0 Å². The topological polar surface area (TPSA) is 30.0 Å². The molecular formula is C9H8BNO. The Morgan fingerprint density at radius 3 is 3.25 bits per heavy atom. The van der Waals surface area contributed by atoms with Gasteiger partial charge in [0.25, 0.3) is 0 Å². The number of pyridine rings is 1. The number of aromatic nitrogens is 1. The van der Waals surface area contributed by atoms with E-state index in [-0.39, 0.29) is 11.6 Å². The van der Waals surface area contributed by atoms with Gasteiger partial charge in [0.15, 0.2) is 5.78 Å². The Morgan fingerprint density at radius 2 is 2.42 bits per heavy atom. The van der Waals surface area contributed by atoms with E-state index < -0.39 is 0 Å². The third-order valence-electron chi connectivity index (χ3n) is 2.23. The number of fused-ring (bicyclic) bond motifs is 1. The van der Waals surface area contributed by atoms with Crippen LogP contribution >= 0.6 is 0 Å². The second-order valence-corrected chi connectivity index (χ2v) is 3.04. The van der Waals surface area contributed by atoms with Crippen molar-refractivity contribution in [2.24, 2.45) is 0 Å². The summed E-state index contributed by atoms with van der Waals surface area (Å²) in [6.45, 7) is 0. The number of hydrogen-bond acceptors (Lipinski definition) is 2. The summed E-state index contributed by atoms with van der Waals surface area (Å²) < 4.78 is 0. The molecule has 0 aliphatic heterocycles. The molecule has 0 saturated carbocycles. The van der Waals surface area contributed by atoms with Gasteiger partial charge >= 0.3 is 0 Å². The van der Waals surface area contributed by atoms with E-state index in [0.29, 0.717) is 0 Å². The van der Waals surface area contributed by atoms with Gasteiger partial charge < -0.3 is 0 Å². The molecule has 12 heavy (non-hydrogen) atoms. The molecule has 1 aromatic heterocycles. The van der Waals surface area contributed by atoms with Crippen LogP contribution in [-0.4, -0.2) is 18.6 Å². The van der Waals surface area contributed by atoms with Gasteiger partial charge in [-0.05, 0) is 30.3 Å². The van der Waals surface area contributed by atoms with Crippen molar-refractivity contribution in [2.75, 3.05) is 0 Å². The van der Waals surface area contributed by atoms with Gasteiger partial charge in [-0.25, -0.2) is 0 Å². The predicted molar refractivity (Wildman–Crippen MR) is 46.4 cm³/mol. The van der Waals surface area contributed by atoms with E-state index in [1.54, 1.807) is 18.5 Å². The molecule has 1 aliphatic rings. The maximum Gasteiger partial charge on any atom is 0.157 e. The molecule has 1 atom stereocenters. The molecule has 0 N–H and O–H groups in total. The van der Waals surface area contributed by atoms with Gasteiger partial charge in [-0.1, -0.05) is 0 Å². The molecule has 58 valence electrons. The number of hydrogen-bond donors (Lipinski definition) is 0. The van der Waals surface area contributed by atoms with Crippen molar-refractivity contribution in [3.8, 4) is 0 Å². The average molecular weight is 157 g/mol. The van der Waals surface area contributed by atoms with Gasteiger partial charge in [0.1, 0.15) is 0 Å². The van der Waals surface area contributed by atoms with Crippen LogP contribution in [0.3, 0.4) is 0 Å². The number of rotatable bonds is 0. The maximum absolute atomic E-state index is 11.5. The Balaban J connectivity index is 2.49. The van der Waals surface area contributed by atoms with Crippen LogP contribution in [0.15, 0.2) is 18.5 Å². The third kappa shape index (κ3) is 1.05. The standard InChI is InChI=1S/C9H8BNO/c10-8-2-1-6-5-11-4-3-7(6)9(8)12/h3-5,8H,1-2H2. The lowest BCUT2D eigenvalue weighted by molar-refractivity contribution is 0.0973. The highest BCUT2D eigenvalue weighted by Crippen LogP contribution is 2.25. The van der Waals surface area contributed by atoms with Crippen molar-refractivity contribution < 1.29 is 4.79 Å². The number of nitrogens with zero attached hydrogens (tertiary/aromatic N) is 1. The van der Waals surface area contributed by atoms with Crippen molar-refractivity contribution in [3.63, 3.8) is 0 Å². The zero-order valence-electron chi connectivity index (χ0n) is 6.66. The molecule has 0 amide bonds. The highest BCUT2D eigenvalue weighted by atomic mass is 16.1. The zero-order valence-corrected chi connectivity index (χ0v) is 6.66. The van der Waals surface area contributed by atoms with Crippen molar-refractivity contribution in [1.29, 1.82) is 0 Å². The molecule has 2 rings (SSSR count). The highest BCUT2D eigenvalue weighted by Gasteiger charge is 2.22. The normalized spacial score (nSPS) is 22.0. The molecule has 1 aliphatic carbocycles. The Bertz CT molecular complexity index is 324. The summed E-state index contributed by atoms with van der Waals surface area (Å²) in [5.41, 5.74) is 1.79. The van der Waals surface area contributed by atoms with Gasteiger partial charge in [0.05, 0.1) is 7.85 Å². The zero-order chi connectivity index (χ0) is 8.55. The average Bonchev–Trinajstić information content (AvgIpc) is 2.12. The van der Waals surface area contributed by atoms with Crippen LogP contribution in [0.2, 0.25) is 5.82 Å². The summed E-state index contributed by atoms with van der Waals surface area (Å²) in [6.07, 6.45) is 5.00. The first kappa shape index (κ1) is 7.53. The Hall–Kier alpha value is -1.12. The van der Waals surface area contributed by atoms with E-state index in [0.717, 1.165) is 24.0 Å². The molecule has 1 heterocycles. The van der Waals surface area contributed by atoms with E-state index in [4.69, 9.17) is 7.85 Å².